The van der Waals surface area contributed by atoms with Crippen molar-refractivity contribution in [3.05, 3.63) is 0 Å². The SMILES string of the molecule is NC(=NCC1CCC1)NCCCNC(=O)C1CCC1. The van der Waals surface area contributed by atoms with Gasteiger partial charge in [-0.3, -0.25) is 9.79 Å². The number of nitrogens with zero attached hydrogens (tertiary/aromatic N) is 1. The minimum atomic E-state index is 0.220. The molecule has 0 unspecified atom stereocenters. The summed E-state index contributed by atoms with van der Waals surface area (Å²) in [4.78, 5) is 15.9. The molecule has 2 aliphatic carbocycles. The summed E-state index contributed by atoms with van der Waals surface area (Å²) >= 11 is 0. The van der Waals surface area contributed by atoms with Gasteiger partial charge in [-0.05, 0) is 38.0 Å². The van der Waals surface area contributed by atoms with Crippen LogP contribution in [0.15, 0.2) is 4.99 Å². The molecule has 2 fully saturated rings. The molecular weight excluding hydrogens is 240 g/mol. The highest BCUT2D eigenvalue weighted by Gasteiger charge is 2.24. The summed E-state index contributed by atoms with van der Waals surface area (Å²) in [7, 11) is 0. The molecule has 5 heteroatoms. The van der Waals surface area contributed by atoms with Gasteiger partial charge in [-0.15, -0.1) is 0 Å². The lowest BCUT2D eigenvalue weighted by atomic mass is 9.85. The van der Waals surface area contributed by atoms with Crippen LogP contribution in [0.25, 0.3) is 0 Å². The number of hydrogen-bond donors (Lipinski definition) is 3. The van der Waals surface area contributed by atoms with E-state index < -0.39 is 0 Å². The second kappa shape index (κ2) is 7.36. The van der Waals surface area contributed by atoms with Crippen molar-refractivity contribution in [2.24, 2.45) is 22.6 Å². The third-order valence-corrected chi connectivity index (χ3v) is 4.18. The number of aliphatic imine (C=N–C) groups is 1. The predicted octanol–water partition coefficient (Wildman–Crippen LogP) is 0.997. The first-order valence-electron chi connectivity index (χ1n) is 7.57. The number of guanidine groups is 1. The molecule has 0 aromatic heterocycles. The van der Waals surface area contributed by atoms with Crippen LogP contribution >= 0.6 is 0 Å². The fraction of sp³-hybridized carbons (Fsp3) is 0.857. The average Bonchev–Trinajstić information content (AvgIpc) is 2.24. The van der Waals surface area contributed by atoms with Crippen molar-refractivity contribution in [1.29, 1.82) is 0 Å². The van der Waals surface area contributed by atoms with Gasteiger partial charge in [-0.1, -0.05) is 12.8 Å². The van der Waals surface area contributed by atoms with Gasteiger partial charge < -0.3 is 16.4 Å². The molecule has 5 nitrogen and oxygen atoms in total. The van der Waals surface area contributed by atoms with Gasteiger partial charge in [-0.2, -0.15) is 0 Å². The highest BCUT2D eigenvalue weighted by atomic mass is 16.1. The van der Waals surface area contributed by atoms with Crippen LogP contribution in [0.3, 0.4) is 0 Å². The molecule has 0 aromatic rings. The molecule has 4 N–H and O–H groups in total. The molecule has 1 amide bonds. The number of hydrogen-bond acceptors (Lipinski definition) is 2. The second-order valence-electron chi connectivity index (χ2n) is 5.72. The number of rotatable bonds is 7. The van der Waals surface area contributed by atoms with E-state index in [1.165, 1.54) is 25.7 Å². The number of amides is 1. The van der Waals surface area contributed by atoms with Crippen molar-refractivity contribution in [3.63, 3.8) is 0 Å². The fourth-order valence-corrected chi connectivity index (χ4v) is 2.29. The third kappa shape index (κ3) is 4.73. The molecule has 0 spiro atoms. The molecule has 0 atom stereocenters. The van der Waals surface area contributed by atoms with Crippen molar-refractivity contribution < 1.29 is 4.79 Å². The average molecular weight is 266 g/mol. The van der Waals surface area contributed by atoms with Crippen molar-refractivity contribution in [2.45, 2.75) is 44.9 Å². The van der Waals surface area contributed by atoms with E-state index in [4.69, 9.17) is 5.73 Å². The number of carbonyl (C=O) groups excluding carboxylic acids is 1. The molecule has 0 aromatic carbocycles. The quantitative estimate of drug-likeness (QED) is 0.365. The Morgan fingerprint density at radius 2 is 1.79 bits per heavy atom. The minimum Gasteiger partial charge on any atom is -0.370 e. The van der Waals surface area contributed by atoms with E-state index in [9.17, 15) is 4.79 Å². The van der Waals surface area contributed by atoms with Crippen molar-refractivity contribution in [1.82, 2.24) is 10.6 Å². The van der Waals surface area contributed by atoms with Gasteiger partial charge in [0.2, 0.25) is 5.91 Å². The first-order chi connectivity index (χ1) is 9.25. The zero-order valence-electron chi connectivity index (χ0n) is 11.7. The Bertz CT molecular complexity index is 321. The van der Waals surface area contributed by atoms with Crippen LogP contribution in [0.1, 0.15) is 44.9 Å². The summed E-state index contributed by atoms with van der Waals surface area (Å²) in [6.45, 7) is 2.35. The summed E-state index contributed by atoms with van der Waals surface area (Å²) in [6.07, 6.45) is 8.14. The van der Waals surface area contributed by atoms with E-state index in [1.807, 2.05) is 0 Å². The highest BCUT2D eigenvalue weighted by molar-refractivity contribution is 5.79. The van der Waals surface area contributed by atoms with Gasteiger partial charge >= 0.3 is 0 Å². The second-order valence-corrected chi connectivity index (χ2v) is 5.72. The molecule has 108 valence electrons. The largest absolute Gasteiger partial charge is 0.370 e. The van der Waals surface area contributed by atoms with Gasteiger partial charge in [0, 0.05) is 25.6 Å². The van der Waals surface area contributed by atoms with Crippen molar-refractivity contribution in [2.75, 3.05) is 19.6 Å². The Kier molecular flexibility index (Phi) is 5.48. The van der Waals surface area contributed by atoms with Crippen molar-refractivity contribution in [3.8, 4) is 0 Å². The maximum Gasteiger partial charge on any atom is 0.223 e. The zero-order valence-corrected chi connectivity index (χ0v) is 11.7. The summed E-state index contributed by atoms with van der Waals surface area (Å²) in [5.74, 6) is 1.79. The first-order valence-corrected chi connectivity index (χ1v) is 7.57. The summed E-state index contributed by atoms with van der Waals surface area (Å²) in [5, 5.41) is 6.06. The molecule has 0 radical (unpaired) electrons. The lowest BCUT2D eigenvalue weighted by molar-refractivity contribution is -0.127. The maximum atomic E-state index is 11.6. The van der Waals surface area contributed by atoms with Gasteiger partial charge in [0.25, 0.3) is 0 Å². The lowest BCUT2D eigenvalue weighted by Crippen LogP contribution is -2.37. The Hall–Kier alpha value is -1.26. The number of nitrogens with one attached hydrogen (secondary N) is 2. The molecule has 19 heavy (non-hydrogen) atoms. The van der Waals surface area contributed by atoms with Gasteiger partial charge in [0.05, 0.1) is 0 Å². The van der Waals surface area contributed by atoms with Gasteiger partial charge in [0.15, 0.2) is 5.96 Å². The number of carbonyl (C=O) groups is 1. The third-order valence-electron chi connectivity index (χ3n) is 4.18. The van der Waals surface area contributed by atoms with Crippen LogP contribution in [0, 0.1) is 11.8 Å². The van der Waals surface area contributed by atoms with E-state index in [2.05, 4.69) is 15.6 Å². The molecule has 2 rings (SSSR count). The van der Waals surface area contributed by atoms with Crippen LogP contribution < -0.4 is 16.4 Å². The molecule has 0 aliphatic heterocycles. The Labute approximate surface area is 115 Å². The molecular formula is C14H26N4O. The Morgan fingerprint density at radius 3 is 2.37 bits per heavy atom. The smallest absolute Gasteiger partial charge is 0.223 e. The highest BCUT2D eigenvalue weighted by Crippen LogP contribution is 2.26. The van der Waals surface area contributed by atoms with E-state index in [0.29, 0.717) is 5.96 Å². The Balaban J connectivity index is 1.45. The fourth-order valence-electron chi connectivity index (χ4n) is 2.29. The molecule has 0 saturated heterocycles. The van der Waals surface area contributed by atoms with Gasteiger partial charge in [-0.25, -0.2) is 0 Å². The standard InChI is InChI=1S/C14H26N4O/c15-14(18-10-11-4-1-5-11)17-9-3-8-16-13(19)12-6-2-7-12/h11-12H,1-10H2,(H,16,19)(H3,15,17,18). The summed E-state index contributed by atoms with van der Waals surface area (Å²) in [6, 6.07) is 0. The summed E-state index contributed by atoms with van der Waals surface area (Å²) in [5.41, 5.74) is 5.77. The topological polar surface area (TPSA) is 79.5 Å². The van der Waals surface area contributed by atoms with E-state index in [-0.39, 0.29) is 11.8 Å². The van der Waals surface area contributed by atoms with Gasteiger partial charge in [0.1, 0.15) is 0 Å². The monoisotopic (exact) mass is 266 g/mol. The van der Waals surface area contributed by atoms with E-state index in [0.717, 1.165) is 44.8 Å². The molecule has 0 bridgehead atoms. The number of nitrogens with two attached hydrogens (primary N) is 1. The molecule has 0 heterocycles. The predicted molar refractivity (Wildman–Crippen MR) is 76.8 cm³/mol. The zero-order chi connectivity index (χ0) is 13.5. The Morgan fingerprint density at radius 1 is 1.11 bits per heavy atom. The lowest BCUT2D eigenvalue weighted by Gasteiger charge is -2.24. The molecule has 2 aliphatic rings. The summed E-state index contributed by atoms with van der Waals surface area (Å²) < 4.78 is 0. The van der Waals surface area contributed by atoms with Crippen molar-refractivity contribution >= 4 is 11.9 Å². The van der Waals surface area contributed by atoms with Crippen LogP contribution in [0.5, 0.6) is 0 Å². The minimum absolute atomic E-state index is 0.220. The van der Waals surface area contributed by atoms with Crippen LogP contribution in [0.2, 0.25) is 0 Å². The van der Waals surface area contributed by atoms with Crippen LogP contribution in [-0.2, 0) is 4.79 Å². The maximum absolute atomic E-state index is 11.6. The van der Waals surface area contributed by atoms with Crippen LogP contribution in [-0.4, -0.2) is 31.5 Å². The van der Waals surface area contributed by atoms with Crippen LogP contribution in [0.4, 0.5) is 0 Å². The normalized spacial score (nSPS) is 20.5. The van der Waals surface area contributed by atoms with E-state index in [1.54, 1.807) is 0 Å². The molecule has 2 saturated carbocycles. The first kappa shape index (κ1) is 14.2. The van der Waals surface area contributed by atoms with E-state index >= 15 is 0 Å².